The number of anilines is 2. The zero-order valence-corrected chi connectivity index (χ0v) is 12.9. The van der Waals surface area contributed by atoms with E-state index in [1.54, 1.807) is 0 Å². The van der Waals surface area contributed by atoms with Crippen LogP contribution in [0.1, 0.15) is 35.4 Å². The van der Waals surface area contributed by atoms with Crippen molar-refractivity contribution in [1.29, 1.82) is 0 Å². The molecular weight excluding hydrogens is 280 g/mol. The average Bonchev–Trinajstić information content (AvgIpc) is 2.91. The summed E-state index contributed by atoms with van der Waals surface area (Å²) < 4.78 is 0. The van der Waals surface area contributed by atoms with E-state index in [4.69, 9.17) is 0 Å². The maximum Gasteiger partial charge on any atom is 0.265 e. The Morgan fingerprint density at radius 2 is 1.71 bits per heavy atom. The van der Waals surface area contributed by atoms with Crippen molar-refractivity contribution in [2.75, 3.05) is 23.3 Å². The van der Waals surface area contributed by atoms with Crippen LogP contribution in [0.25, 0.3) is 0 Å². The van der Waals surface area contributed by atoms with Crippen molar-refractivity contribution in [3.05, 3.63) is 46.7 Å². The molecule has 1 amide bonds. The first-order valence-electron chi connectivity index (χ1n) is 7.53. The van der Waals surface area contributed by atoms with Gasteiger partial charge in [-0.1, -0.05) is 18.9 Å². The summed E-state index contributed by atoms with van der Waals surface area (Å²) in [6.07, 6.45) is 5.23. The van der Waals surface area contributed by atoms with E-state index in [2.05, 4.69) is 22.3 Å². The highest BCUT2D eigenvalue weighted by molar-refractivity contribution is 7.12. The molecule has 21 heavy (non-hydrogen) atoms. The fraction of sp³-hybridized carbons (Fsp3) is 0.353. The van der Waals surface area contributed by atoms with Crippen molar-refractivity contribution in [2.45, 2.75) is 25.7 Å². The van der Waals surface area contributed by atoms with E-state index in [9.17, 15) is 4.79 Å². The number of benzene rings is 1. The Hall–Kier alpha value is -1.81. The van der Waals surface area contributed by atoms with Crippen molar-refractivity contribution in [3.63, 3.8) is 0 Å². The fourth-order valence-corrected chi connectivity index (χ4v) is 3.30. The molecule has 4 heteroatoms. The van der Waals surface area contributed by atoms with Gasteiger partial charge in [0.2, 0.25) is 0 Å². The molecule has 3 rings (SSSR count). The lowest BCUT2D eigenvalue weighted by Gasteiger charge is -2.22. The van der Waals surface area contributed by atoms with E-state index in [1.807, 2.05) is 29.6 Å². The number of hydrogen-bond donors (Lipinski definition) is 1. The van der Waals surface area contributed by atoms with E-state index in [0.29, 0.717) is 0 Å². The maximum atomic E-state index is 12.0. The van der Waals surface area contributed by atoms with Crippen LogP contribution in [0.5, 0.6) is 0 Å². The van der Waals surface area contributed by atoms with Crippen LogP contribution < -0.4 is 10.2 Å². The molecule has 0 bridgehead atoms. The molecule has 110 valence electrons. The van der Waals surface area contributed by atoms with Gasteiger partial charge in [0.1, 0.15) is 0 Å². The van der Waals surface area contributed by atoms with E-state index in [1.165, 1.54) is 42.7 Å². The quantitative estimate of drug-likeness (QED) is 0.912. The molecule has 1 fully saturated rings. The lowest BCUT2D eigenvalue weighted by Crippen LogP contribution is -2.23. The van der Waals surface area contributed by atoms with Crippen molar-refractivity contribution in [3.8, 4) is 0 Å². The summed E-state index contributed by atoms with van der Waals surface area (Å²) in [7, 11) is 0. The highest BCUT2D eigenvalue weighted by Crippen LogP contribution is 2.22. The molecule has 1 aromatic heterocycles. The lowest BCUT2D eigenvalue weighted by molar-refractivity contribution is 0.103. The van der Waals surface area contributed by atoms with Crippen LogP contribution in [0.15, 0.2) is 41.8 Å². The van der Waals surface area contributed by atoms with Gasteiger partial charge < -0.3 is 10.2 Å². The first-order chi connectivity index (χ1) is 10.3. The SMILES string of the molecule is O=C(Nc1ccc(N2CCCCCC2)cc1)c1cccs1. The molecule has 2 heterocycles. The molecule has 3 nitrogen and oxygen atoms in total. The predicted octanol–water partition coefficient (Wildman–Crippen LogP) is 4.38. The van der Waals surface area contributed by atoms with Gasteiger partial charge >= 0.3 is 0 Å². The molecule has 1 aliphatic rings. The van der Waals surface area contributed by atoms with Gasteiger partial charge in [0, 0.05) is 24.5 Å². The van der Waals surface area contributed by atoms with Gasteiger partial charge in [-0.05, 0) is 48.6 Å². The van der Waals surface area contributed by atoms with E-state index in [0.717, 1.165) is 23.7 Å². The number of carbonyl (C=O) groups excluding carboxylic acids is 1. The smallest absolute Gasteiger partial charge is 0.265 e. The molecule has 2 aromatic rings. The lowest BCUT2D eigenvalue weighted by atomic mass is 10.2. The fourth-order valence-electron chi connectivity index (χ4n) is 2.68. The monoisotopic (exact) mass is 300 g/mol. The van der Waals surface area contributed by atoms with Crippen LogP contribution in [0.3, 0.4) is 0 Å². The van der Waals surface area contributed by atoms with Crippen molar-refractivity contribution in [2.24, 2.45) is 0 Å². The Kier molecular flexibility index (Phi) is 4.55. The molecule has 0 radical (unpaired) electrons. The average molecular weight is 300 g/mol. The maximum absolute atomic E-state index is 12.0. The Morgan fingerprint density at radius 3 is 2.33 bits per heavy atom. The van der Waals surface area contributed by atoms with Gasteiger partial charge in [-0.3, -0.25) is 4.79 Å². The van der Waals surface area contributed by atoms with Gasteiger partial charge in [-0.25, -0.2) is 0 Å². The zero-order valence-electron chi connectivity index (χ0n) is 12.0. The number of thiophene rings is 1. The van der Waals surface area contributed by atoms with Crippen LogP contribution >= 0.6 is 11.3 Å². The van der Waals surface area contributed by atoms with Crippen LogP contribution in [0.2, 0.25) is 0 Å². The summed E-state index contributed by atoms with van der Waals surface area (Å²) in [5.74, 6) is -0.0347. The molecule has 1 aliphatic heterocycles. The molecule has 0 spiro atoms. The molecule has 1 aromatic carbocycles. The second-order valence-electron chi connectivity index (χ2n) is 5.38. The van der Waals surface area contributed by atoms with Crippen LogP contribution in [-0.2, 0) is 0 Å². The largest absolute Gasteiger partial charge is 0.372 e. The number of nitrogens with one attached hydrogen (secondary N) is 1. The van der Waals surface area contributed by atoms with Crippen molar-refractivity contribution < 1.29 is 4.79 Å². The van der Waals surface area contributed by atoms with Gasteiger partial charge in [0.25, 0.3) is 5.91 Å². The van der Waals surface area contributed by atoms with Crippen molar-refractivity contribution >= 4 is 28.6 Å². The van der Waals surface area contributed by atoms with E-state index in [-0.39, 0.29) is 5.91 Å². The minimum atomic E-state index is -0.0347. The molecule has 0 saturated carbocycles. The summed E-state index contributed by atoms with van der Waals surface area (Å²) in [4.78, 5) is 15.2. The third-order valence-corrected chi connectivity index (χ3v) is 4.71. The standard InChI is InChI=1S/C17H20N2OS/c20-17(16-6-5-13-21-16)18-14-7-9-15(10-8-14)19-11-3-1-2-4-12-19/h5-10,13H,1-4,11-12H2,(H,18,20). The van der Waals surface area contributed by atoms with E-state index >= 15 is 0 Å². The molecule has 1 saturated heterocycles. The normalized spacial score (nSPS) is 15.5. The number of rotatable bonds is 3. The van der Waals surface area contributed by atoms with Crippen molar-refractivity contribution in [1.82, 2.24) is 0 Å². The molecular formula is C17H20N2OS. The third kappa shape index (κ3) is 3.64. The summed E-state index contributed by atoms with van der Waals surface area (Å²) in [5, 5.41) is 4.85. The van der Waals surface area contributed by atoms with Gasteiger partial charge in [-0.2, -0.15) is 0 Å². The summed E-state index contributed by atoms with van der Waals surface area (Å²) in [6, 6.07) is 11.9. The predicted molar refractivity (Wildman–Crippen MR) is 89.4 cm³/mol. The first kappa shape index (κ1) is 14.1. The molecule has 0 unspecified atom stereocenters. The minimum absolute atomic E-state index is 0.0347. The highest BCUT2D eigenvalue weighted by atomic mass is 32.1. The summed E-state index contributed by atoms with van der Waals surface area (Å²) in [6.45, 7) is 2.28. The number of nitrogens with zero attached hydrogens (tertiary/aromatic N) is 1. The third-order valence-electron chi connectivity index (χ3n) is 3.84. The topological polar surface area (TPSA) is 32.3 Å². The summed E-state index contributed by atoms with van der Waals surface area (Å²) in [5.41, 5.74) is 2.11. The summed E-state index contributed by atoms with van der Waals surface area (Å²) >= 11 is 1.46. The Morgan fingerprint density at radius 1 is 1.00 bits per heavy atom. The zero-order chi connectivity index (χ0) is 14.5. The molecule has 1 N–H and O–H groups in total. The molecule has 0 aliphatic carbocycles. The Balaban J connectivity index is 1.65. The van der Waals surface area contributed by atoms with Crippen LogP contribution in [-0.4, -0.2) is 19.0 Å². The van der Waals surface area contributed by atoms with Crippen LogP contribution in [0.4, 0.5) is 11.4 Å². The minimum Gasteiger partial charge on any atom is -0.372 e. The second-order valence-corrected chi connectivity index (χ2v) is 6.33. The van der Waals surface area contributed by atoms with Gasteiger partial charge in [-0.15, -0.1) is 11.3 Å². The first-order valence-corrected chi connectivity index (χ1v) is 8.41. The Bertz CT molecular complexity index is 569. The van der Waals surface area contributed by atoms with Crippen LogP contribution in [0, 0.1) is 0 Å². The second kappa shape index (κ2) is 6.76. The number of amides is 1. The number of carbonyl (C=O) groups is 1. The highest BCUT2D eigenvalue weighted by Gasteiger charge is 2.10. The van der Waals surface area contributed by atoms with Gasteiger partial charge in [0.05, 0.1) is 4.88 Å². The number of hydrogen-bond acceptors (Lipinski definition) is 3. The molecule has 0 atom stereocenters. The Labute approximate surface area is 129 Å². The van der Waals surface area contributed by atoms with Gasteiger partial charge in [0.15, 0.2) is 0 Å². The van der Waals surface area contributed by atoms with E-state index < -0.39 is 0 Å².